The first kappa shape index (κ1) is 39.6. The summed E-state index contributed by atoms with van der Waals surface area (Å²) in [5, 5.41) is 24.1. The van der Waals surface area contributed by atoms with E-state index in [0.717, 1.165) is 93.9 Å². The van der Waals surface area contributed by atoms with E-state index in [4.69, 9.17) is 21.5 Å². The highest BCUT2D eigenvalue weighted by molar-refractivity contribution is 6.12. The van der Waals surface area contributed by atoms with Gasteiger partial charge in [0.15, 0.2) is 23.2 Å². The maximum atomic E-state index is 10.1. The van der Waals surface area contributed by atoms with E-state index >= 15 is 0 Å². The van der Waals surface area contributed by atoms with E-state index in [-0.39, 0.29) is 0 Å². The first-order chi connectivity index (χ1) is 33.6. The Morgan fingerprint density at radius 1 is 0.368 bits per heavy atom. The average Bonchev–Trinajstić information content (AvgIpc) is 3.92. The van der Waals surface area contributed by atoms with Crippen LogP contribution in [0, 0.1) is 29.2 Å². The maximum absolute atomic E-state index is 10.1. The molecule has 3 heterocycles. The summed E-state index contributed by atoms with van der Waals surface area (Å²) in [7, 11) is 0. The zero-order chi connectivity index (χ0) is 45.7. The average molecular weight is 867 g/mol. The fourth-order valence-corrected chi connectivity index (χ4v) is 9.51. The van der Waals surface area contributed by atoms with Gasteiger partial charge in [0.2, 0.25) is 0 Å². The minimum absolute atomic E-state index is 0.509. The van der Waals surface area contributed by atoms with Crippen LogP contribution in [0.15, 0.2) is 206 Å². The van der Waals surface area contributed by atoms with Gasteiger partial charge in [0.1, 0.15) is 0 Å². The van der Waals surface area contributed by atoms with E-state index in [1.54, 1.807) is 0 Å². The van der Waals surface area contributed by atoms with E-state index in [0.29, 0.717) is 34.3 Å². The van der Waals surface area contributed by atoms with E-state index in [2.05, 4.69) is 86.8 Å². The van der Waals surface area contributed by atoms with Gasteiger partial charge in [0.25, 0.3) is 0 Å². The van der Waals surface area contributed by atoms with Gasteiger partial charge in [0, 0.05) is 44.0 Å². The molecule has 12 aromatic rings. The number of nitrogens with zero attached hydrogens (tertiary/aromatic N) is 8. The molecular weight excluding hydrogens is 833 g/mol. The lowest BCUT2D eigenvalue weighted by Gasteiger charge is -2.21. The summed E-state index contributed by atoms with van der Waals surface area (Å²) in [6, 6.07) is 73.5. The van der Waals surface area contributed by atoms with Gasteiger partial charge in [-0.3, -0.25) is 0 Å². The van der Waals surface area contributed by atoms with Crippen molar-refractivity contribution < 1.29 is 0 Å². The lowest BCUT2D eigenvalue weighted by atomic mass is 9.93. The summed E-state index contributed by atoms with van der Waals surface area (Å²) in [5.41, 5.74) is 13.5. The van der Waals surface area contributed by atoms with Crippen LogP contribution in [0.25, 0.3) is 116 Å². The van der Waals surface area contributed by atoms with Crippen molar-refractivity contribution in [1.82, 2.24) is 24.1 Å². The number of nitriles is 2. The Labute approximate surface area is 391 Å². The van der Waals surface area contributed by atoms with Crippen LogP contribution >= 0.6 is 0 Å². The molecule has 12 rings (SSSR count). The molecule has 0 spiro atoms. The third-order valence-corrected chi connectivity index (χ3v) is 12.6. The molecule has 0 radical (unpaired) electrons. The Kier molecular flexibility index (Phi) is 9.47. The second kappa shape index (κ2) is 16.2. The summed E-state index contributed by atoms with van der Waals surface area (Å²) in [4.78, 5) is 19.2. The predicted octanol–water partition coefficient (Wildman–Crippen LogP) is 14.7. The number of benzene rings is 9. The van der Waals surface area contributed by atoms with E-state index in [1.807, 2.05) is 146 Å². The van der Waals surface area contributed by atoms with Crippen molar-refractivity contribution in [3.8, 4) is 79.9 Å². The number of aromatic nitrogens is 5. The molecule has 0 N–H and O–H groups in total. The summed E-state index contributed by atoms with van der Waals surface area (Å²) >= 11 is 0. The Balaban J connectivity index is 1.22. The van der Waals surface area contributed by atoms with Crippen molar-refractivity contribution in [2.45, 2.75) is 0 Å². The van der Waals surface area contributed by atoms with Crippen LogP contribution in [0.3, 0.4) is 0 Å². The topological polar surface area (TPSA) is 100 Å². The fourth-order valence-electron chi connectivity index (χ4n) is 9.51. The van der Waals surface area contributed by atoms with Crippen molar-refractivity contribution in [2.75, 3.05) is 0 Å². The molecule has 0 saturated heterocycles. The van der Waals surface area contributed by atoms with Crippen LogP contribution in [0.4, 0.5) is 5.69 Å². The number of rotatable bonds is 7. The summed E-state index contributed by atoms with van der Waals surface area (Å²) in [5.74, 6) is 1.62. The molecule has 3 aromatic heterocycles. The molecule has 9 aromatic carbocycles. The molecule has 0 amide bonds. The van der Waals surface area contributed by atoms with Gasteiger partial charge < -0.3 is 9.13 Å². The third-order valence-electron chi connectivity index (χ3n) is 12.6. The first-order valence-electron chi connectivity index (χ1n) is 22.1. The molecule has 0 aliphatic rings. The maximum Gasteiger partial charge on any atom is 0.188 e. The van der Waals surface area contributed by atoms with Crippen LogP contribution in [0.2, 0.25) is 0 Å². The van der Waals surface area contributed by atoms with Gasteiger partial charge in [0.05, 0.1) is 63.3 Å². The smallest absolute Gasteiger partial charge is 0.188 e. The predicted molar refractivity (Wildman–Crippen MR) is 271 cm³/mol. The van der Waals surface area contributed by atoms with Gasteiger partial charge in [-0.2, -0.15) is 10.5 Å². The zero-order valence-corrected chi connectivity index (χ0v) is 36.2. The Hall–Kier alpha value is -9.94. The van der Waals surface area contributed by atoms with Gasteiger partial charge in [-0.25, -0.2) is 19.8 Å². The number of hydrogen-bond acceptors (Lipinski definition) is 5. The molecule has 0 aliphatic heterocycles. The fraction of sp³-hybridized carbons (Fsp3) is 0. The van der Waals surface area contributed by atoms with Crippen molar-refractivity contribution in [1.29, 1.82) is 10.5 Å². The molecule has 0 saturated carbocycles. The second-order valence-electron chi connectivity index (χ2n) is 16.6. The van der Waals surface area contributed by atoms with Crippen LogP contribution in [0.1, 0.15) is 11.1 Å². The highest BCUT2D eigenvalue weighted by Gasteiger charge is 2.23. The highest BCUT2D eigenvalue weighted by atomic mass is 15.0. The molecule has 8 nitrogen and oxygen atoms in total. The molecule has 0 aliphatic carbocycles. The number of hydrogen-bond donors (Lipinski definition) is 0. The molecule has 0 fully saturated rings. The quantitative estimate of drug-likeness (QED) is 0.149. The normalized spacial score (nSPS) is 11.2. The van der Waals surface area contributed by atoms with Crippen molar-refractivity contribution >= 4 is 49.3 Å². The minimum Gasteiger partial charge on any atom is -0.309 e. The van der Waals surface area contributed by atoms with Gasteiger partial charge in [-0.15, -0.1) is 0 Å². The standard InChI is InChI=1S/C60H34N8/c1-63-45-26-30-57-51(35-45)47-20-9-11-22-53(47)68(57)55-28-24-43(42-18-12-13-38(31-42)36-61)33-49(55)50-34-44(60-65-58(40-14-4-2-5-15-40)64-59(66-60)41-16-6-3-7-17-41)25-29-56(50)67-52-21-10-8-19-46(52)48-32-39(37-62)23-27-54(48)67/h2-35H. The Bertz CT molecular complexity index is 4070. The largest absolute Gasteiger partial charge is 0.309 e. The van der Waals surface area contributed by atoms with Crippen molar-refractivity contribution in [3.05, 3.63) is 229 Å². The van der Waals surface area contributed by atoms with Gasteiger partial charge in [-0.05, 0) is 101 Å². The molecule has 8 heteroatoms. The van der Waals surface area contributed by atoms with Gasteiger partial charge >= 0.3 is 0 Å². The Morgan fingerprint density at radius 3 is 1.41 bits per heavy atom. The van der Waals surface area contributed by atoms with Crippen molar-refractivity contribution in [3.63, 3.8) is 0 Å². The summed E-state index contributed by atoms with van der Waals surface area (Å²) in [6.45, 7) is 7.89. The zero-order valence-electron chi connectivity index (χ0n) is 36.2. The highest BCUT2D eigenvalue weighted by Crippen LogP contribution is 2.44. The number of fused-ring (bicyclic) bond motifs is 6. The number of para-hydroxylation sites is 2. The van der Waals surface area contributed by atoms with Crippen LogP contribution in [-0.2, 0) is 0 Å². The molecule has 314 valence electrons. The SMILES string of the molecule is [C-]#[N+]c1ccc2c(c1)c1ccccc1n2-c1ccc(-c2cccc(C#N)c2)cc1-c1cc(-c2nc(-c3ccccc3)nc(-c3ccccc3)n2)ccc1-n1c2ccccc2c2cc(C#N)ccc21. The molecule has 0 unspecified atom stereocenters. The second-order valence-corrected chi connectivity index (χ2v) is 16.6. The third kappa shape index (κ3) is 6.63. The molecular formula is C60H34N8. The van der Waals surface area contributed by atoms with Crippen LogP contribution in [0.5, 0.6) is 0 Å². The van der Waals surface area contributed by atoms with Crippen LogP contribution in [-0.4, -0.2) is 24.1 Å². The lowest BCUT2D eigenvalue weighted by Crippen LogP contribution is -2.04. The summed E-state index contributed by atoms with van der Waals surface area (Å²) < 4.78 is 4.57. The lowest BCUT2D eigenvalue weighted by molar-refractivity contribution is 1.07. The Morgan fingerprint density at radius 2 is 0.824 bits per heavy atom. The van der Waals surface area contributed by atoms with Crippen LogP contribution < -0.4 is 0 Å². The first-order valence-corrected chi connectivity index (χ1v) is 22.1. The molecule has 68 heavy (non-hydrogen) atoms. The van der Waals surface area contributed by atoms with Crippen molar-refractivity contribution in [2.24, 2.45) is 0 Å². The molecule has 0 atom stereocenters. The summed E-state index contributed by atoms with van der Waals surface area (Å²) in [6.07, 6.45) is 0. The monoisotopic (exact) mass is 866 g/mol. The minimum atomic E-state index is 0.509. The van der Waals surface area contributed by atoms with E-state index in [1.165, 1.54) is 0 Å². The van der Waals surface area contributed by atoms with E-state index in [9.17, 15) is 10.5 Å². The van der Waals surface area contributed by atoms with E-state index < -0.39 is 0 Å². The molecule has 0 bridgehead atoms. The van der Waals surface area contributed by atoms with Gasteiger partial charge in [-0.1, -0.05) is 121 Å².